The van der Waals surface area contributed by atoms with Gasteiger partial charge in [0.2, 0.25) is 0 Å². The van der Waals surface area contributed by atoms with Crippen LogP contribution in [0.3, 0.4) is 0 Å². The van der Waals surface area contributed by atoms with Gasteiger partial charge in [-0.3, -0.25) is 19.5 Å². The molecule has 42 heavy (non-hydrogen) atoms. The van der Waals surface area contributed by atoms with E-state index in [0.717, 1.165) is 49.3 Å². The van der Waals surface area contributed by atoms with Gasteiger partial charge >= 0.3 is 21.1 Å². The summed E-state index contributed by atoms with van der Waals surface area (Å²) >= 11 is 0. The quantitative estimate of drug-likeness (QED) is 0.144. The van der Waals surface area contributed by atoms with Gasteiger partial charge in [0, 0.05) is 24.3 Å². The first-order valence-electron chi connectivity index (χ1n) is 13.3. The number of benzene rings is 2. The van der Waals surface area contributed by atoms with Crippen LogP contribution in [0.4, 0.5) is 0 Å². The van der Waals surface area contributed by atoms with Gasteiger partial charge in [-0.05, 0) is 40.8 Å². The SMILES string of the molecule is CC(C)(C)c1ccnc(-n2c3[c-]c(Oc4[c-]c5c(cc4)c4ccccc4n4ncnc54)ncc3c3ccncc32)c1.[Pt+2]. The molecule has 0 amide bonds. The number of rotatable bonds is 3. The van der Waals surface area contributed by atoms with E-state index in [9.17, 15) is 0 Å². The molecule has 0 radical (unpaired) electrons. The number of fused-ring (bicyclic) bond motifs is 9. The Hall–Kier alpha value is -4.68. The summed E-state index contributed by atoms with van der Waals surface area (Å²) in [6.45, 7) is 6.58. The van der Waals surface area contributed by atoms with Crippen molar-refractivity contribution in [1.82, 2.24) is 34.1 Å². The minimum absolute atomic E-state index is 0. The molecule has 0 atom stereocenters. The van der Waals surface area contributed by atoms with Crippen LogP contribution in [0.15, 0.2) is 85.7 Å². The van der Waals surface area contributed by atoms with E-state index in [1.807, 2.05) is 59.5 Å². The second-order valence-electron chi connectivity index (χ2n) is 11.1. The van der Waals surface area contributed by atoms with Crippen LogP contribution in [0.2, 0.25) is 0 Å². The molecule has 8 rings (SSSR count). The Kier molecular flexibility index (Phi) is 6.06. The van der Waals surface area contributed by atoms with Crippen molar-refractivity contribution in [1.29, 1.82) is 0 Å². The standard InChI is InChI=1S/C33H23N7O.Pt/c1-33(2,3)20-10-13-35-30(14-20)39-28-16-31(36-17-26(28)24-11-12-34-18-29(24)39)41-21-8-9-22-23-6-4-5-7-27(23)40-32(25(22)15-21)37-19-38-40;/h4-14,17-19H,1-3H3;/q-2;+2. The van der Waals surface area contributed by atoms with Crippen LogP contribution in [0, 0.1) is 12.1 Å². The molecule has 0 aliphatic carbocycles. The molecule has 0 unspecified atom stereocenters. The summed E-state index contributed by atoms with van der Waals surface area (Å²) in [5.74, 6) is 1.63. The molecule has 206 valence electrons. The second kappa shape index (κ2) is 9.71. The second-order valence-corrected chi connectivity index (χ2v) is 11.1. The molecule has 0 N–H and O–H groups in total. The zero-order valence-corrected chi connectivity index (χ0v) is 25.2. The van der Waals surface area contributed by atoms with Crippen LogP contribution in [0.1, 0.15) is 26.3 Å². The molecule has 6 aromatic heterocycles. The van der Waals surface area contributed by atoms with Crippen LogP contribution in [-0.4, -0.2) is 34.1 Å². The first-order chi connectivity index (χ1) is 20.0. The van der Waals surface area contributed by atoms with Gasteiger partial charge in [0.15, 0.2) is 0 Å². The zero-order valence-electron chi connectivity index (χ0n) is 22.9. The summed E-state index contributed by atoms with van der Waals surface area (Å²) < 4.78 is 10.2. The van der Waals surface area contributed by atoms with E-state index in [0.29, 0.717) is 17.3 Å². The largest absolute Gasteiger partial charge is 2.00 e. The van der Waals surface area contributed by atoms with Crippen LogP contribution in [0.5, 0.6) is 11.6 Å². The van der Waals surface area contributed by atoms with Crippen LogP contribution < -0.4 is 4.74 Å². The Bertz CT molecular complexity index is 2300. The van der Waals surface area contributed by atoms with Crippen LogP contribution in [0.25, 0.3) is 54.9 Å². The average molecular weight is 729 g/mol. The number of hydrogen-bond donors (Lipinski definition) is 0. The third-order valence-electron chi connectivity index (χ3n) is 7.51. The molecule has 0 aliphatic rings. The van der Waals surface area contributed by atoms with Gasteiger partial charge in [0.1, 0.15) is 18.0 Å². The Balaban J connectivity index is 0.00000288. The van der Waals surface area contributed by atoms with Crippen molar-refractivity contribution in [3.05, 3.63) is 103 Å². The zero-order chi connectivity index (χ0) is 27.7. The Morgan fingerprint density at radius 1 is 0.786 bits per heavy atom. The fourth-order valence-electron chi connectivity index (χ4n) is 5.48. The van der Waals surface area contributed by atoms with Crippen molar-refractivity contribution < 1.29 is 25.8 Å². The molecule has 2 aromatic carbocycles. The maximum absolute atomic E-state index is 6.27. The van der Waals surface area contributed by atoms with Gasteiger partial charge in [-0.1, -0.05) is 73.3 Å². The fourth-order valence-corrected chi connectivity index (χ4v) is 5.48. The van der Waals surface area contributed by atoms with Gasteiger partial charge in [-0.2, -0.15) is 11.2 Å². The minimum atomic E-state index is -0.0265. The van der Waals surface area contributed by atoms with Crippen molar-refractivity contribution >= 4 is 49.1 Å². The molecule has 6 heterocycles. The topological polar surface area (TPSA) is 83.0 Å². The number of para-hydroxylation sites is 1. The Labute approximate surface area is 255 Å². The van der Waals surface area contributed by atoms with E-state index in [4.69, 9.17) is 9.72 Å². The summed E-state index contributed by atoms with van der Waals surface area (Å²) in [7, 11) is 0. The summed E-state index contributed by atoms with van der Waals surface area (Å²) in [5, 5.41) is 9.31. The van der Waals surface area contributed by atoms with Crippen molar-refractivity contribution in [3.8, 4) is 17.4 Å². The molecule has 0 spiro atoms. The Morgan fingerprint density at radius 3 is 2.52 bits per heavy atom. The molecule has 0 bridgehead atoms. The first-order valence-corrected chi connectivity index (χ1v) is 13.3. The van der Waals surface area contributed by atoms with E-state index in [2.05, 4.69) is 75.7 Å². The van der Waals surface area contributed by atoms with Crippen LogP contribution in [-0.2, 0) is 26.5 Å². The molecular weight excluding hydrogens is 705 g/mol. The van der Waals surface area contributed by atoms with E-state index in [1.165, 1.54) is 5.56 Å². The van der Waals surface area contributed by atoms with Gasteiger partial charge < -0.3 is 9.30 Å². The fraction of sp³-hybridized carbons (Fsp3) is 0.121. The summed E-state index contributed by atoms with van der Waals surface area (Å²) in [5.41, 5.74) is 4.60. The number of hydrogen-bond acceptors (Lipinski definition) is 6. The molecule has 8 aromatic rings. The molecule has 0 saturated carbocycles. The average Bonchev–Trinajstić information content (AvgIpc) is 3.60. The normalized spacial score (nSPS) is 12.0. The van der Waals surface area contributed by atoms with E-state index >= 15 is 0 Å². The first kappa shape index (κ1) is 26.2. The third kappa shape index (κ3) is 4.05. The summed E-state index contributed by atoms with van der Waals surface area (Å²) in [6.07, 6.45) is 8.86. The van der Waals surface area contributed by atoms with Gasteiger partial charge in [0.25, 0.3) is 0 Å². The van der Waals surface area contributed by atoms with Crippen molar-refractivity contribution in [2.75, 3.05) is 0 Å². The number of nitrogens with zero attached hydrogens (tertiary/aromatic N) is 7. The molecular formula is C33H23N7OPt. The van der Waals surface area contributed by atoms with E-state index < -0.39 is 0 Å². The van der Waals surface area contributed by atoms with Crippen molar-refractivity contribution in [2.24, 2.45) is 0 Å². The Morgan fingerprint density at radius 2 is 1.64 bits per heavy atom. The van der Waals surface area contributed by atoms with Gasteiger partial charge in [-0.25, -0.2) is 4.98 Å². The molecule has 8 nitrogen and oxygen atoms in total. The van der Waals surface area contributed by atoms with E-state index in [1.54, 1.807) is 12.5 Å². The maximum atomic E-state index is 6.27. The van der Waals surface area contributed by atoms with E-state index in [-0.39, 0.29) is 26.5 Å². The monoisotopic (exact) mass is 728 g/mol. The molecule has 0 aliphatic heterocycles. The maximum Gasteiger partial charge on any atom is 2.00 e. The summed E-state index contributed by atoms with van der Waals surface area (Å²) in [6, 6.07) is 25.0. The molecule has 0 fully saturated rings. The molecule has 9 heteroatoms. The smallest absolute Gasteiger partial charge is 0.478 e. The number of aromatic nitrogens is 7. The third-order valence-corrected chi connectivity index (χ3v) is 7.51. The van der Waals surface area contributed by atoms with Crippen molar-refractivity contribution in [2.45, 2.75) is 26.2 Å². The minimum Gasteiger partial charge on any atom is -0.478 e. The summed E-state index contributed by atoms with van der Waals surface area (Å²) in [4.78, 5) is 18.2. The van der Waals surface area contributed by atoms with Crippen LogP contribution >= 0.6 is 0 Å². The predicted octanol–water partition coefficient (Wildman–Crippen LogP) is 7.01. The molecule has 0 saturated heterocycles. The number of pyridine rings is 4. The van der Waals surface area contributed by atoms with Gasteiger partial charge in [-0.15, -0.1) is 17.0 Å². The number of ether oxygens (including phenoxy) is 1. The van der Waals surface area contributed by atoms with Crippen molar-refractivity contribution in [3.63, 3.8) is 0 Å². The predicted molar refractivity (Wildman–Crippen MR) is 159 cm³/mol. The van der Waals surface area contributed by atoms with Gasteiger partial charge in [0.05, 0.1) is 16.7 Å².